The molecule has 0 radical (unpaired) electrons. The van der Waals surface area contributed by atoms with Crippen LogP contribution in [0.2, 0.25) is 0 Å². The highest BCUT2D eigenvalue weighted by atomic mass is 14.7. The van der Waals surface area contributed by atoms with Gasteiger partial charge in [0.25, 0.3) is 0 Å². The summed E-state index contributed by atoms with van der Waals surface area (Å²) < 4.78 is 0. The second-order valence-electron chi connectivity index (χ2n) is 4.08. The zero-order chi connectivity index (χ0) is 11.0. The van der Waals surface area contributed by atoms with E-state index >= 15 is 0 Å². The summed E-state index contributed by atoms with van der Waals surface area (Å²) in [5, 5.41) is 2.58. The Morgan fingerprint density at radius 2 is 1.62 bits per heavy atom. The number of fused-ring (bicyclic) bond motifs is 1. The fourth-order valence-corrected chi connectivity index (χ4v) is 2.12. The summed E-state index contributed by atoms with van der Waals surface area (Å²) in [4.78, 5) is 3.38. The Morgan fingerprint density at radius 1 is 0.812 bits per heavy atom. The van der Waals surface area contributed by atoms with Crippen LogP contribution in [-0.4, -0.2) is 4.98 Å². The van der Waals surface area contributed by atoms with Crippen molar-refractivity contribution < 1.29 is 0 Å². The molecule has 0 aliphatic heterocycles. The normalized spacial score (nSPS) is 10.8. The van der Waals surface area contributed by atoms with Crippen LogP contribution in [0.25, 0.3) is 22.0 Å². The van der Waals surface area contributed by atoms with Crippen LogP contribution in [0.15, 0.2) is 54.6 Å². The first kappa shape index (κ1) is 9.22. The molecule has 0 atom stereocenters. The van der Waals surface area contributed by atoms with Gasteiger partial charge >= 0.3 is 0 Å². The van der Waals surface area contributed by atoms with E-state index in [1.807, 2.05) is 0 Å². The predicted octanol–water partition coefficient (Wildman–Crippen LogP) is 4.14. The van der Waals surface area contributed by atoms with Gasteiger partial charge in [0.15, 0.2) is 0 Å². The minimum Gasteiger partial charge on any atom is -0.359 e. The highest BCUT2D eigenvalue weighted by Crippen LogP contribution is 2.27. The molecule has 1 N–H and O–H groups in total. The molecule has 3 aromatic rings. The Bertz CT molecular complexity index is 629. The summed E-state index contributed by atoms with van der Waals surface area (Å²) in [5.74, 6) is 0. The highest BCUT2D eigenvalue weighted by molar-refractivity contribution is 5.95. The van der Waals surface area contributed by atoms with Gasteiger partial charge in [0, 0.05) is 17.0 Å². The fourth-order valence-electron chi connectivity index (χ4n) is 2.12. The average Bonchev–Trinajstić information content (AvgIpc) is 2.75. The van der Waals surface area contributed by atoms with Crippen LogP contribution < -0.4 is 0 Å². The third kappa shape index (κ3) is 1.41. The molecule has 16 heavy (non-hydrogen) atoms. The maximum atomic E-state index is 3.38. The Balaban J connectivity index is 2.31. The van der Waals surface area contributed by atoms with E-state index in [2.05, 4.69) is 66.5 Å². The first-order chi connectivity index (χ1) is 7.84. The zero-order valence-corrected chi connectivity index (χ0v) is 9.20. The maximum absolute atomic E-state index is 3.38. The molecule has 0 spiro atoms. The zero-order valence-electron chi connectivity index (χ0n) is 9.20. The van der Waals surface area contributed by atoms with Gasteiger partial charge in [-0.3, -0.25) is 0 Å². The second kappa shape index (κ2) is 3.53. The Labute approximate surface area is 94.7 Å². The number of hydrogen-bond acceptors (Lipinski definition) is 0. The second-order valence-corrected chi connectivity index (χ2v) is 4.08. The quantitative estimate of drug-likeness (QED) is 0.617. The molecule has 1 aromatic heterocycles. The molecule has 1 heterocycles. The molecule has 0 bridgehead atoms. The third-order valence-corrected chi connectivity index (χ3v) is 2.91. The lowest BCUT2D eigenvalue weighted by Gasteiger charge is -2.04. The number of aromatic nitrogens is 1. The Hall–Kier alpha value is -2.02. The van der Waals surface area contributed by atoms with Crippen LogP contribution in [0.4, 0.5) is 0 Å². The van der Waals surface area contributed by atoms with Gasteiger partial charge < -0.3 is 4.98 Å². The number of aryl methyl sites for hydroxylation is 1. The molecular weight excluding hydrogens is 194 g/mol. The standard InChI is InChI=1S/C15H13N/c1-11-9-10-15(16-11)14-8-4-6-12-5-2-3-7-13(12)14/h2-10,16H,1H3. The smallest absolute Gasteiger partial charge is 0.0462 e. The van der Waals surface area contributed by atoms with Crippen LogP contribution in [0.3, 0.4) is 0 Å². The molecule has 1 nitrogen and oxygen atoms in total. The SMILES string of the molecule is Cc1ccc(-c2cccc3ccccc23)[nH]1. The summed E-state index contributed by atoms with van der Waals surface area (Å²) in [6.07, 6.45) is 0. The first-order valence-electron chi connectivity index (χ1n) is 5.48. The van der Waals surface area contributed by atoms with Gasteiger partial charge in [-0.1, -0.05) is 42.5 Å². The van der Waals surface area contributed by atoms with Gasteiger partial charge in [0.2, 0.25) is 0 Å². The molecular formula is C15H13N. The number of aromatic amines is 1. The van der Waals surface area contributed by atoms with Crippen molar-refractivity contribution >= 4 is 10.8 Å². The summed E-state index contributed by atoms with van der Waals surface area (Å²) in [6.45, 7) is 2.08. The summed E-state index contributed by atoms with van der Waals surface area (Å²) in [5.41, 5.74) is 3.66. The van der Waals surface area contributed by atoms with E-state index in [4.69, 9.17) is 0 Å². The minimum absolute atomic E-state index is 1.19. The molecule has 0 aliphatic carbocycles. The van der Waals surface area contributed by atoms with Crippen LogP contribution >= 0.6 is 0 Å². The van der Waals surface area contributed by atoms with Crippen molar-refractivity contribution in [2.45, 2.75) is 6.92 Å². The van der Waals surface area contributed by atoms with Crippen molar-refractivity contribution in [3.63, 3.8) is 0 Å². The predicted molar refractivity (Wildman–Crippen MR) is 68.5 cm³/mol. The molecule has 0 amide bonds. The topological polar surface area (TPSA) is 15.8 Å². The Kier molecular flexibility index (Phi) is 2.03. The van der Waals surface area contributed by atoms with Crippen molar-refractivity contribution in [2.24, 2.45) is 0 Å². The first-order valence-corrected chi connectivity index (χ1v) is 5.48. The van der Waals surface area contributed by atoms with Gasteiger partial charge in [0.05, 0.1) is 0 Å². The van der Waals surface area contributed by atoms with E-state index in [9.17, 15) is 0 Å². The van der Waals surface area contributed by atoms with Gasteiger partial charge in [-0.2, -0.15) is 0 Å². The fraction of sp³-hybridized carbons (Fsp3) is 0.0667. The van der Waals surface area contributed by atoms with Crippen molar-refractivity contribution in [2.75, 3.05) is 0 Å². The van der Waals surface area contributed by atoms with Crippen molar-refractivity contribution in [1.82, 2.24) is 4.98 Å². The van der Waals surface area contributed by atoms with Gasteiger partial charge in [0.1, 0.15) is 0 Å². The monoisotopic (exact) mass is 207 g/mol. The number of nitrogens with one attached hydrogen (secondary N) is 1. The van der Waals surface area contributed by atoms with Crippen LogP contribution in [0, 0.1) is 6.92 Å². The summed E-state index contributed by atoms with van der Waals surface area (Å²) in [7, 11) is 0. The van der Waals surface area contributed by atoms with E-state index in [1.165, 1.54) is 27.7 Å². The van der Waals surface area contributed by atoms with Gasteiger partial charge in [-0.25, -0.2) is 0 Å². The molecule has 1 heteroatoms. The highest BCUT2D eigenvalue weighted by Gasteiger charge is 2.03. The average molecular weight is 207 g/mol. The van der Waals surface area contributed by atoms with Crippen LogP contribution in [-0.2, 0) is 0 Å². The molecule has 3 rings (SSSR count). The molecule has 0 saturated heterocycles. The number of H-pyrrole nitrogens is 1. The number of benzene rings is 2. The number of rotatable bonds is 1. The lowest BCUT2D eigenvalue weighted by atomic mass is 10.0. The lowest BCUT2D eigenvalue weighted by Crippen LogP contribution is -1.81. The van der Waals surface area contributed by atoms with Crippen LogP contribution in [0.5, 0.6) is 0 Å². The molecule has 0 unspecified atom stereocenters. The largest absolute Gasteiger partial charge is 0.359 e. The van der Waals surface area contributed by atoms with E-state index < -0.39 is 0 Å². The Morgan fingerprint density at radius 3 is 2.44 bits per heavy atom. The molecule has 78 valence electrons. The van der Waals surface area contributed by atoms with E-state index in [0.29, 0.717) is 0 Å². The number of hydrogen-bond donors (Lipinski definition) is 1. The van der Waals surface area contributed by atoms with Crippen molar-refractivity contribution in [1.29, 1.82) is 0 Å². The molecule has 0 saturated carbocycles. The lowest BCUT2D eigenvalue weighted by molar-refractivity contribution is 1.27. The minimum atomic E-state index is 1.19. The molecule has 0 aliphatic rings. The van der Waals surface area contributed by atoms with Crippen LogP contribution in [0.1, 0.15) is 5.69 Å². The molecule has 0 fully saturated rings. The summed E-state index contributed by atoms with van der Waals surface area (Å²) >= 11 is 0. The molecule has 2 aromatic carbocycles. The third-order valence-electron chi connectivity index (χ3n) is 2.91. The van der Waals surface area contributed by atoms with Crippen molar-refractivity contribution in [3.05, 3.63) is 60.3 Å². The van der Waals surface area contributed by atoms with Gasteiger partial charge in [-0.15, -0.1) is 0 Å². The summed E-state index contributed by atoms with van der Waals surface area (Å²) in [6, 6.07) is 19.1. The van der Waals surface area contributed by atoms with Gasteiger partial charge in [-0.05, 0) is 29.8 Å². The van der Waals surface area contributed by atoms with E-state index in [0.717, 1.165) is 0 Å². The maximum Gasteiger partial charge on any atom is 0.0462 e. The van der Waals surface area contributed by atoms with E-state index in [-0.39, 0.29) is 0 Å². The van der Waals surface area contributed by atoms with E-state index in [1.54, 1.807) is 0 Å². The van der Waals surface area contributed by atoms with Crippen molar-refractivity contribution in [3.8, 4) is 11.3 Å².